The number of ether oxygens (including phenoxy) is 1. The Kier molecular flexibility index (Phi) is 5.64. The van der Waals surface area contributed by atoms with Crippen LogP contribution in [0, 0.1) is 5.82 Å². The number of hydrogen-bond donors (Lipinski definition) is 1. The minimum absolute atomic E-state index is 0.196. The van der Waals surface area contributed by atoms with E-state index in [1.54, 1.807) is 12.1 Å². The maximum absolute atomic E-state index is 13.7. The zero-order valence-electron chi connectivity index (χ0n) is 13.9. The third-order valence-corrected chi connectivity index (χ3v) is 3.47. The van der Waals surface area contributed by atoms with Crippen molar-refractivity contribution in [2.45, 2.75) is 26.1 Å². The Hall–Kier alpha value is -2.90. The Bertz CT molecular complexity index is 833. The van der Waals surface area contributed by atoms with Crippen molar-refractivity contribution in [2.75, 3.05) is 5.32 Å². The summed E-state index contributed by atoms with van der Waals surface area (Å²) in [4.78, 5) is 23.4. The van der Waals surface area contributed by atoms with E-state index in [1.807, 2.05) is 0 Å². The predicted octanol–water partition coefficient (Wildman–Crippen LogP) is 4.45. The summed E-state index contributed by atoms with van der Waals surface area (Å²) in [6.45, 7) is 2.72. The summed E-state index contributed by atoms with van der Waals surface area (Å²) in [7, 11) is 0. The molecule has 26 heavy (non-hydrogen) atoms. The van der Waals surface area contributed by atoms with Gasteiger partial charge in [-0.1, -0.05) is 12.1 Å². The van der Waals surface area contributed by atoms with Gasteiger partial charge in [0.25, 0.3) is 5.91 Å². The SMILES string of the molecule is CC(=O)c1cccc(OC(C)C(=O)Nc2cc(C(F)(F)F)ccc2F)c1. The number of carbonyl (C=O) groups is 2. The highest BCUT2D eigenvalue weighted by Crippen LogP contribution is 2.31. The molecule has 1 unspecified atom stereocenters. The van der Waals surface area contributed by atoms with Crippen LogP contribution in [0.15, 0.2) is 42.5 Å². The van der Waals surface area contributed by atoms with Gasteiger partial charge in [-0.05, 0) is 44.2 Å². The molecule has 1 atom stereocenters. The molecule has 4 nitrogen and oxygen atoms in total. The molecule has 0 heterocycles. The van der Waals surface area contributed by atoms with Crippen molar-refractivity contribution in [3.05, 3.63) is 59.4 Å². The number of benzene rings is 2. The zero-order valence-corrected chi connectivity index (χ0v) is 13.9. The molecular weight excluding hydrogens is 354 g/mol. The van der Waals surface area contributed by atoms with Crippen LogP contribution in [-0.4, -0.2) is 17.8 Å². The van der Waals surface area contributed by atoms with Crippen molar-refractivity contribution in [1.82, 2.24) is 0 Å². The van der Waals surface area contributed by atoms with E-state index in [0.717, 1.165) is 0 Å². The molecule has 0 aliphatic rings. The Morgan fingerprint density at radius 3 is 2.42 bits per heavy atom. The number of anilines is 1. The van der Waals surface area contributed by atoms with Crippen LogP contribution in [0.5, 0.6) is 5.75 Å². The van der Waals surface area contributed by atoms with Crippen molar-refractivity contribution in [2.24, 2.45) is 0 Å². The Morgan fingerprint density at radius 2 is 1.81 bits per heavy atom. The summed E-state index contributed by atoms with van der Waals surface area (Å²) in [5, 5.41) is 2.07. The Labute approximate surface area is 146 Å². The highest BCUT2D eigenvalue weighted by Gasteiger charge is 2.31. The fraction of sp³-hybridized carbons (Fsp3) is 0.222. The topological polar surface area (TPSA) is 55.4 Å². The summed E-state index contributed by atoms with van der Waals surface area (Å²) in [6.07, 6.45) is -5.80. The first-order chi connectivity index (χ1) is 12.1. The van der Waals surface area contributed by atoms with Gasteiger partial charge in [0, 0.05) is 5.56 Å². The van der Waals surface area contributed by atoms with Crippen molar-refractivity contribution >= 4 is 17.4 Å². The molecule has 0 aromatic heterocycles. The number of nitrogens with one attached hydrogen (secondary N) is 1. The maximum Gasteiger partial charge on any atom is 0.416 e. The second-order valence-corrected chi connectivity index (χ2v) is 5.53. The highest BCUT2D eigenvalue weighted by molar-refractivity contribution is 5.95. The Balaban J connectivity index is 2.12. The third kappa shape index (κ3) is 4.81. The summed E-state index contributed by atoms with van der Waals surface area (Å²) >= 11 is 0. The van der Waals surface area contributed by atoms with E-state index in [-0.39, 0.29) is 11.5 Å². The molecule has 0 aliphatic carbocycles. The molecule has 0 bridgehead atoms. The van der Waals surface area contributed by atoms with Gasteiger partial charge in [-0.3, -0.25) is 9.59 Å². The van der Waals surface area contributed by atoms with Gasteiger partial charge in [0.05, 0.1) is 11.3 Å². The minimum atomic E-state index is -4.66. The number of amides is 1. The second-order valence-electron chi connectivity index (χ2n) is 5.53. The van der Waals surface area contributed by atoms with Crippen LogP contribution in [0.1, 0.15) is 29.8 Å². The molecule has 1 amide bonds. The molecule has 2 aromatic carbocycles. The maximum atomic E-state index is 13.7. The average Bonchev–Trinajstić information content (AvgIpc) is 2.55. The van der Waals surface area contributed by atoms with Gasteiger partial charge >= 0.3 is 6.18 Å². The van der Waals surface area contributed by atoms with Crippen molar-refractivity contribution in [1.29, 1.82) is 0 Å². The third-order valence-electron chi connectivity index (χ3n) is 3.47. The number of alkyl halides is 3. The van der Waals surface area contributed by atoms with Gasteiger partial charge in [0.2, 0.25) is 0 Å². The largest absolute Gasteiger partial charge is 0.481 e. The van der Waals surface area contributed by atoms with Crippen molar-refractivity contribution < 1.29 is 31.9 Å². The van der Waals surface area contributed by atoms with Crippen LogP contribution in [0.3, 0.4) is 0 Å². The van der Waals surface area contributed by atoms with Crippen LogP contribution in [-0.2, 0) is 11.0 Å². The smallest absolute Gasteiger partial charge is 0.416 e. The molecule has 138 valence electrons. The van der Waals surface area contributed by atoms with Crippen LogP contribution in [0.4, 0.5) is 23.2 Å². The molecule has 1 N–H and O–H groups in total. The van der Waals surface area contributed by atoms with Crippen LogP contribution in [0.25, 0.3) is 0 Å². The van der Waals surface area contributed by atoms with E-state index < -0.39 is 35.3 Å². The lowest BCUT2D eigenvalue weighted by Gasteiger charge is -2.16. The first kappa shape index (κ1) is 19.4. The van der Waals surface area contributed by atoms with Gasteiger partial charge in [-0.25, -0.2) is 4.39 Å². The number of Topliss-reactive ketones (excluding diaryl/α,β-unsaturated/α-hetero) is 1. The molecule has 0 aliphatic heterocycles. The van der Waals surface area contributed by atoms with E-state index in [2.05, 4.69) is 5.32 Å². The summed E-state index contributed by atoms with van der Waals surface area (Å²) in [5.74, 6) is -1.81. The van der Waals surface area contributed by atoms with Crippen LogP contribution < -0.4 is 10.1 Å². The van der Waals surface area contributed by atoms with Gasteiger partial charge < -0.3 is 10.1 Å². The highest BCUT2D eigenvalue weighted by atomic mass is 19.4. The van der Waals surface area contributed by atoms with Crippen molar-refractivity contribution in [3.63, 3.8) is 0 Å². The predicted molar refractivity (Wildman–Crippen MR) is 86.6 cm³/mol. The molecular formula is C18H15F4NO3. The van der Waals surface area contributed by atoms with Gasteiger partial charge in [-0.15, -0.1) is 0 Å². The van der Waals surface area contributed by atoms with Gasteiger partial charge in [0.15, 0.2) is 11.9 Å². The molecule has 0 radical (unpaired) electrons. The number of hydrogen-bond acceptors (Lipinski definition) is 3. The normalized spacial score (nSPS) is 12.4. The number of halogens is 4. The standard InChI is InChI=1S/C18H15F4NO3/c1-10(24)12-4-3-5-14(8-12)26-11(2)17(25)23-16-9-13(18(20,21)22)6-7-15(16)19/h3-9,11H,1-2H3,(H,23,25). The minimum Gasteiger partial charge on any atom is -0.481 e. The molecule has 0 saturated carbocycles. The van der Waals surface area contributed by atoms with Crippen molar-refractivity contribution in [3.8, 4) is 5.75 Å². The van der Waals surface area contributed by atoms with Gasteiger partial charge in [-0.2, -0.15) is 13.2 Å². The quantitative estimate of drug-likeness (QED) is 0.626. The average molecular weight is 369 g/mol. The molecule has 8 heteroatoms. The van der Waals surface area contributed by atoms with E-state index in [1.165, 1.54) is 26.0 Å². The lowest BCUT2D eigenvalue weighted by atomic mass is 10.1. The Morgan fingerprint density at radius 1 is 1.12 bits per heavy atom. The zero-order chi connectivity index (χ0) is 19.5. The number of ketones is 1. The summed E-state index contributed by atoms with van der Waals surface area (Å²) < 4.78 is 57.2. The van der Waals surface area contributed by atoms with E-state index >= 15 is 0 Å². The fourth-order valence-electron chi connectivity index (χ4n) is 2.08. The van der Waals surface area contributed by atoms with E-state index in [0.29, 0.717) is 23.8 Å². The van der Waals surface area contributed by atoms with Crippen LogP contribution in [0.2, 0.25) is 0 Å². The summed E-state index contributed by atoms with van der Waals surface area (Å²) in [6, 6.07) is 7.79. The van der Waals surface area contributed by atoms with E-state index in [9.17, 15) is 27.2 Å². The fourth-order valence-corrected chi connectivity index (χ4v) is 2.08. The molecule has 0 fully saturated rings. The molecule has 0 spiro atoms. The second kappa shape index (κ2) is 7.55. The monoisotopic (exact) mass is 369 g/mol. The molecule has 0 saturated heterocycles. The van der Waals surface area contributed by atoms with Crippen LogP contribution >= 0.6 is 0 Å². The van der Waals surface area contributed by atoms with E-state index in [4.69, 9.17) is 4.74 Å². The summed E-state index contributed by atoms with van der Waals surface area (Å²) in [5.41, 5.74) is -1.31. The lowest BCUT2D eigenvalue weighted by Crippen LogP contribution is -2.30. The number of carbonyl (C=O) groups excluding carboxylic acids is 2. The number of rotatable bonds is 5. The molecule has 2 rings (SSSR count). The first-order valence-corrected chi connectivity index (χ1v) is 7.53. The molecule has 2 aromatic rings. The van der Waals surface area contributed by atoms with Gasteiger partial charge in [0.1, 0.15) is 11.6 Å². The lowest BCUT2D eigenvalue weighted by molar-refractivity contribution is -0.137. The first-order valence-electron chi connectivity index (χ1n) is 7.53.